The summed E-state index contributed by atoms with van der Waals surface area (Å²) in [4.78, 5) is 1.37. The van der Waals surface area contributed by atoms with E-state index >= 15 is 0 Å². The Bertz CT molecular complexity index is 391. The summed E-state index contributed by atoms with van der Waals surface area (Å²) in [7, 11) is 0. The van der Waals surface area contributed by atoms with Crippen LogP contribution in [-0.2, 0) is 0 Å². The van der Waals surface area contributed by atoms with E-state index in [0.717, 1.165) is 11.1 Å². The van der Waals surface area contributed by atoms with E-state index in [1.54, 1.807) is 6.92 Å². The summed E-state index contributed by atoms with van der Waals surface area (Å²) in [5.41, 5.74) is 8.14. The molecular formula is C14H21F3N2. The zero-order valence-corrected chi connectivity index (χ0v) is 11.4. The van der Waals surface area contributed by atoms with Crippen molar-refractivity contribution in [3.63, 3.8) is 0 Å². The molecule has 0 aliphatic rings. The molecule has 0 amide bonds. The minimum absolute atomic E-state index is 0.219. The predicted octanol–water partition coefficient (Wildman–Crippen LogP) is 3.27. The lowest BCUT2D eigenvalue weighted by Gasteiger charge is -2.24. The van der Waals surface area contributed by atoms with Gasteiger partial charge in [0.1, 0.15) is 0 Å². The van der Waals surface area contributed by atoms with Gasteiger partial charge in [0.05, 0.1) is 6.54 Å². The van der Waals surface area contributed by atoms with Crippen molar-refractivity contribution in [2.24, 2.45) is 5.73 Å². The lowest BCUT2D eigenvalue weighted by atomic mass is 9.99. The Morgan fingerprint density at radius 2 is 1.89 bits per heavy atom. The number of hydrogen-bond acceptors (Lipinski definition) is 2. The molecule has 1 unspecified atom stereocenters. The molecular weight excluding hydrogens is 253 g/mol. The molecule has 0 aliphatic carbocycles. The fraction of sp³-hybridized carbons (Fsp3) is 0.571. The predicted molar refractivity (Wildman–Crippen MR) is 70.9 cm³/mol. The third kappa shape index (κ3) is 5.61. The maximum Gasteiger partial charge on any atom is 0.401 e. The second-order valence-corrected chi connectivity index (χ2v) is 4.74. The van der Waals surface area contributed by atoms with Crippen molar-refractivity contribution in [3.05, 3.63) is 35.4 Å². The van der Waals surface area contributed by atoms with Gasteiger partial charge in [0.15, 0.2) is 0 Å². The zero-order chi connectivity index (χ0) is 14.5. The van der Waals surface area contributed by atoms with Crippen molar-refractivity contribution < 1.29 is 13.2 Å². The number of nitrogens with zero attached hydrogens (tertiary/aromatic N) is 1. The van der Waals surface area contributed by atoms with Gasteiger partial charge in [0.25, 0.3) is 0 Å². The van der Waals surface area contributed by atoms with Crippen molar-refractivity contribution in [2.75, 3.05) is 19.6 Å². The molecule has 19 heavy (non-hydrogen) atoms. The maximum atomic E-state index is 12.3. The van der Waals surface area contributed by atoms with E-state index in [1.165, 1.54) is 4.90 Å². The standard InChI is InChI=1S/C14H21F3N2/c1-3-19(10-14(15,16)17)9-8-13(18)12-7-5-4-6-11(12)2/h4-7,13H,3,8-10,18H2,1-2H3. The van der Waals surface area contributed by atoms with Crippen molar-refractivity contribution in [1.82, 2.24) is 4.90 Å². The Kier molecular flexibility index (Phi) is 5.82. The third-order valence-corrected chi connectivity index (χ3v) is 3.19. The first-order chi connectivity index (χ1) is 8.83. The van der Waals surface area contributed by atoms with Crippen molar-refractivity contribution in [2.45, 2.75) is 32.5 Å². The summed E-state index contributed by atoms with van der Waals surface area (Å²) in [6, 6.07) is 7.49. The highest BCUT2D eigenvalue weighted by Gasteiger charge is 2.30. The molecule has 0 aliphatic heterocycles. The van der Waals surface area contributed by atoms with Crippen LogP contribution in [0.2, 0.25) is 0 Å². The third-order valence-electron chi connectivity index (χ3n) is 3.19. The molecule has 0 heterocycles. The summed E-state index contributed by atoms with van der Waals surface area (Å²) in [6.45, 7) is 3.54. The van der Waals surface area contributed by atoms with E-state index in [1.807, 2.05) is 31.2 Å². The van der Waals surface area contributed by atoms with Crippen LogP contribution in [-0.4, -0.2) is 30.7 Å². The Morgan fingerprint density at radius 1 is 1.26 bits per heavy atom. The van der Waals surface area contributed by atoms with E-state index in [2.05, 4.69) is 0 Å². The van der Waals surface area contributed by atoms with Crippen molar-refractivity contribution in [3.8, 4) is 0 Å². The molecule has 2 N–H and O–H groups in total. The van der Waals surface area contributed by atoms with Gasteiger partial charge in [0, 0.05) is 12.6 Å². The average molecular weight is 274 g/mol. The molecule has 0 saturated heterocycles. The first-order valence-corrected chi connectivity index (χ1v) is 6.43. The van der Waals surface area contributed by atoms with Gasteiger partial charge in [-0.1, -0.05) is 31.2 Å². The number of benzene rings is 1. The van der Waals surface area contributed by atoms with Gasteiger partial charge in [-0.3, -0.25) is 4.90 Å². The fourth-order valence-electron chi connectivity index (χ4n) is 2.08. The number of alkyl halides is 3. The summed E-state index contributed by atoms with van der Waals surface area (Å²) in [5.74, 6) is 0. The number of rotatable bonds is 6. The molecule has 5 heteroatoms. The Balaban J connectivity index is 2.53. The molecule has 1 rings (SSSR count). The summed E-state index contributed by atoms with van der Waals surface area (Å²) in [6.07, 6.45) is -3.63. The molecule has 0 bridgehead atoms. The molecule has 0 spiro atoms. The van der Waals surface area contributed by atoms with Gasteiger partial charge in [-0.25, -0.2) is 0 Å². The van der Waals surface area contributed by atoms with E-state index < -0.39 is 12.7 Å². The first kappa shape index (κ1) is 16.0. The minimum atomic E-state index is -4.15. The van der Waals surface area contributed by atoms with Gasteiger partial charge < -0.3 is 5.73 Å². The molecule has 0 aromatic heterocycles. The van der Waals surface area contributed by atoms with Crippen molar-refractivity contribution in [1.29, 1.82) is 0 Å². The second-order valence-electron chi connectivity index (χ2n) is 4.74. The fourth-order valence-corrected chi connectivity index (χ4v) is 2.08. The lowest BCUT2D eigenvalue weighted by Crippen LogP contribution is -2.36. The van der Waals surface area contributed by atoms with Gasteiger partial charge in [-0.15, -0.1) is 0 Å². The zero-order valence-electron chi connectivity index (χ0n) is 11.4. The van der Waals surface area contributed by atoms with E-state index in [9.17, 15) is 13.2 Å². The highest BCUT2D eigenvalue weighted by atomic mass is 19.4. The molecule has 1 aromatic carbocycles. The Hall–Kier alpha value is -1.07. The van der Waals surface area contributed by atoms with Crippen LogP contribution in [0.5, 0.6) is 0 Å². The van der Waals surface area contributed by atoms with E-state index in [-0.39, 0.29) is 6.04 Å². The minimum Gasteiger partial charge on any atom is -0.324 e. The summed E-state index contributed by atoms with van der Waals surface area (Å²) < 4.78 is 37.0. The highest BCUT2D eigenvalue weighted by Crippen LogP contribution is 2.20. The second kappa shape index (κ2) is 6.91. The SMILES string of the molecule is CCN(CCC(N)c1ccccc1C)CC(F)(F)F. The van der Waals surface area contributed by atoms with Crippen LogP contribution in [0, 0.1) is 6.92 Å². The monoisotopic (exact) mass is 274 g/mol. The van der Waals surface area contributed by atoms with Crippen LogP contribution >= 0.6 is 0 Å². The number of hydrogen-bond donors (Lipinski definition) is 1. The van der Waals surface area contributed by atoms with Gasteiger partial charge >= 0.3 is 6.18 Å². The van der Waals surface area contributed by atoms with Crippen LogP contribution in [0.4, 0.5) is 13.2 Å². The molecule has 0 fully saturated rings. The first-order valence-electron chi connectivity index (χ1n) is 6.43. The molecule has 1 atom stereocenters. The molecule has 108 valence electrons. The molecule has 1 aromatic rings. The lowest BCUT2D eigenvalue weighted by molar-refractivity contribution is -0.145. The smallest absolute Gasteiger partial charge is 0.324 e. The van der Waals surface area contributed by atoms with Crippen LogP contribution in [0.15, 0.2) is 24.3 Å². The topological polar surface area (TPSA) is 29.3 Å². The van der Waals surface area contributed by atoms with Crippen LogP contribution in [0.3, 0.4) is 0 Å². The van der Waals surface area contributed by atoms with E-state index in [0.29, 0.717) is 19.5 Å². The molecule has 0 radical (unpaired) electrons. The number of aryl methyl sites for hydroxylation is 1. The number of halogens is 3. The normalized spacial score (nSPS) is 13.8. The van der Waals surface area contributed by atoms with Crippen molar-refractivity contribution >= 4 is 0 Å². The maximum absolute atomic E-state index is 12.3. The quantitative estimate of drug-likeness (QED) is 0.862. The van der Waals surface area contributed by atoms with Crippen LogP contribution in [0.1, 0.15) is 30.5 Å². The molecule has 2 nitrogen and oxygen atoms in total. The number of nitrogens with two attached hydrogens (primary N) is 1. The van der Waals surface area contributed by atoms with Gasteiger partial charge in [-0.2, -0.15) is 13.2 Å². The van der Waals surface area contributed by atoms with Gasteiger partial charge in [0.2, 0.25) is 0 Å². The Labute approximate surface area is 112 Å². The van der Waals surface area contributed by atoms with Crippen LogP contribution < -0.4 is 5.73 Å². The molecule has 0 saturated carbocycles. The highest BCUT2D eigenvalue weighted by molar-refractivity contribution is 5.28. The Morgan fingerprint density at radius 3 is 2.42 bits per heavy atom. The summed E-state index contributed by atoms with van der Waals surface area (Å²) >= 11 is 0. The average Bonchev–Trinajstić information content (AvgIpc) is 2.33. The van der Waals surface area contributed by atoms with Gasteiger partial charge in [-0.05, 0) is 31.0 Å². The summed E-state index contributed by atoms with van der Waals surface area (Å²) in [5, 5.41) is 0. The van der Waals surface area contributed by atoms with Crippen LogP contribution in [0.25, 0.3) is 0 Å². The largest absolute Gasteiger partial charge is 0.401 e. The van der Waals surface area contributed by atoms with E-state index in [4.69, 9.17) is 5.73 Å².